The third kappa shape index (κ3) is 34.8. The van der Waals surface area contributed by atoms with Crippen molar-refractivity contribution in [1.29, 1.82) is 0 Å². The molecule has 0 aliphatic carbocycles. The SMILES string of the molecule is C#C.C=CC(C)CCCC.CCC. The first-order valence-electron chi connectivity index (χ1n) is 5.18. The fourth-order valence-electron chi connectivity index (χ4n) is 0.644. The van der Waals surface area contributed by atoms with Crippen LogP contribution in [-0.4, -0.2) is 0 Å². The highest BCUT2D eigenvalue weighted by molar-refractivity contribution is 4.73. The number of allylic oxidation sites excluding steroid dienone is 1. The fraction of sp³-hybridized carbons (Fsp3) is 0.692. The summed E-state index contributed by atoms with van der Waals surface area (Å²) in [7, 11) is 0. The molecule has 0 aromatic heterocycles. The Kier molecular flexibility index (Phi) is 31.4. The predicted molar refractivity (Wildman–Crippen MR) is 64.7 cm³/mol. The Labute approximate surface area is 85.4 Å². The molecule has 0 radical (unpaired) electrons. The van der Waals surface area contributed by atoms with Crippen LogP contribution in [0.15, 0.2) is 12.7 Å². The Morgan fingerprint density at radius 3 is 1.85 bits per heavy atom. The van der Waals surface area contributed by atoms with E-state index in [2.05, 4.69) is 47.1 Å². The van der Waals surface area contributed by atoms with E-state index in [9.17, 15) is 0 Å². The quantitative estimate of drug-likeness (QED) is 0.438. The zero-order chi connectivity index (χ0) is 11.1. The van der Waals surface area contributed by atoms with E-state index in [1.54, 1.807) is 0 Å². The summed E-state index contributed by atoms with van der Waals surface area (Å²) < 4.78 is 0. The van der Waals surface area contributed by atoms with Gasteiger partial charge in [-0.3, -0.25) is 0 Å². The lowest BCUT2D eigenvalue weighted by atomic mass is 10.1. The second-order valence-corrected chi connectivity index (χ2v) is 3.06. The Morgan fingerprint density at radius 1 is 1.23 bits per heavy atom. The summed E-state index contributed by atoms with van der Waals surface area (Å²) in [5, 5.41) is 0. The summed E-state index contributed by atoms with van der Waals surface area (Å²) in [4.78, 5) is 0. The normalized spacial score (nSPS) is 9.69. The van der Waals surface area contributed by atoms with Crippen LogP contribution < -0.4 is 0 Å². The molecule has 13 heavy (non-hydrogen) atoms. The van der Waals surface area contributed by atoms with Crippen LogP contribution >= 0.6 is 0 Å². The van der Waals surface area contributed by atoms with E-state index in [-0.39, 0.29) is 0 Å². The van der Waals surface area contributed by atoms with Crippen LogP contribution in [0.2, 0.25) is 0 Å². The number of hydrogen-bond donors (Lipinski definition) is 0. The number of unbranched alkanes of at least 4 members (excludes halogenated alkanes) is 1. The molecular formula is C13H26. The summed E-state index contributed by atoms with van der Waals surface area (Å²) in [5.74, 6) is 0.718. The molecule has 1 unspecified atom stereocenters. The van der Waals surface area contributed by atoms with Gasteiger partial charge in [-0.1, -0.05) is 53.0 Å². The first kappa shape index (κ1) is 18.2. The van der Waals surface area contributed by atoms with Crippen molar-refractivity contribution in [2.45, 2.75) is 53.4 Å². The monoisotopic (exact) mass is 182 g/mol. The maximum atomic E-state index is 4.00. The molecule has 0 nitrogen and oxygen atoms in total. The van der Waals surface area contributed by atoms with E-state index < -0.39 is 0 Å². The van der Waals surface area contributed by atoms with Crippen LogP contribution in [0.3, 0.4) is 0 Å². The standard InChI is InChI=1S/C8H16.C3H8.C2H2/c1-4-6-7-8(3)5-2;1-3-2;1-2/h5,8H,2,4,6-7H2,1,3H3;3H2,1-2H3;1-2H. The largest absolute Gasteiger partial charge is 0.124 e. The van der Waals surface area contributed by atoms with Crippen LogP contribution in [0.25, 0.3) is 0 Å². The van der Waals surface area contributed by atoms with Gasteiger partial charge in [0, 0.05) is 0 Å². The van der Waals surface area contributed by atoms with E-state index in [0.29, 0.717) is 0 Å². The lowest BCUT2D eigenvalue weighted by Gasteiger charge is -2.00. The highest BCUT2D eigenvalue weighted by Gasteiger charge is 1.91. The molecule has 0 spiro atoms. The lowest BCUT2D eigenvalue weighted by molar-refractivity contribution is 0.599. The van der Waals surface area contributed by atoms with Crippen molar-refractivity contribution in [3.05, 3.63) is 12.7 Å². The van der Waals surface area contributed by atoms with Crippen LogP contribution in [0.4, 0.5) is 0 Å². The Bertz CT molecular complexity index is 89.5. The molecule has 0 saturated heterocycles. The van der Waals surface area contributed by atoms with Crippen molar-refractivity contribution in [2.75, 3.05) is 0 Å². The third-order valence-electron chi connectivity index (χ3n) is 1.42. The Morgan fingerprint density at radius 2 is 1.62 bits per heavy atom. The van der Waals surface area contributed by atoms with Crippen molar-refractivity contribution in [3.8, 4) is 12.8 Å². The van der Waals surface area contributed by atoms with Gasteiger partial charge in [0.15, 0.2) is 0 Å². The maximum Gasteiger partial charge on any atom is -0.0265 e. The van der Waals surface area contributed by atoms with E-state index in [4.69, 9.17) is 0 Å². The topological polar surface area (TPSA) is 0 Å². The molecule has 0 aromatic carbocycles. The van der Waals surface area contributed by atoms with Gasteiger partial charge in [-0.15, -0.1) is 19.4 Å². The zero-order valence-electron chi connectivity index (χ0n) is 9.84. The smallest absolute Gasteiger partial charge is 0.0265 e. The summed E-state index contributed by atoms with van der Waals surface area (Å²) in [6.07, 6.45) is 15.2. The average molecular weight is 182 g/mol. The van der Waals surface area contributed by atoms with Gasteiger partial charge < -0.3 is 0 Å². The van der Waals surface area contributed by atoms with Gasteiger partial charge in [0.05, 0.1) is 0 Å². The highest BCUT2D eigenvalue weighted by Crippen LogP contribution is 2.06. The van der Waals surface area contributed by atoms with Gasteiger partial charge in [-0.25, -0.2) is 0 Å². The van der Waals surface area contributed by atoms with Crippen LogP contribution in [-0.2, 0) is 0 Å². The Balaban J connectivity index is -0.000000169. The number of terminal acetylenes is 1. The van der Waals surface area contributed by atoms with Gasteiger partial charge >= 0.3 is 0 Å². The number of rotatable bonds is 4. The molecule has 0 saturated carbocycles. The van der Waals surface area contributed by atoms with Crippen LogP contribution in [0.5, 0.6) is 0 Å². The van der Waals surface area contributed by atoms with Gasteiger partial charge in [0.2, 0.25) is 0 Å². The molecule has 0 amide bonds. The summed E-state index contributed by atoms with van der Waals surface area (Å²) >= 11 is 0. The van der Waals surface area contributed by atoms with Gasteiger partial charge in [-0.05, 0) is 12.3 Å². The molecule has 0 aromatic rings. The molecule has 0 N–H and O–H groups in total. The second-order valence-electron chi connectivity index (χ2n) is 3.06. The zero-order valence-corrected chi connectivity index (χ0v) is 9.84. The second kappa shape index (κ2) is 22.5. The maximum absolute atomic E-state index is 4.00. The molecule has 0 bridgehead atoms. The highest BCUT2D eigenvalue weighted by atomic mass is 14.0. The predicted octanol–water partition coefficient (Wildman–Crippen LogP) is 4.66. The summed E-state index contributed by atoms with van der Waals surface area (Å²) in [6.45, 7) is 12.4. The minimum atomic E-state index is 0.718. The summed E-state index contributed by atoms with van der Waals surface area (Å²) in [5.41, 5.74) is 0. The molecule has 0 rings (SSSR count). The van der Waals surface area contributed by atoms with Crippen LogP contribution in [0, 0.1) is 18.8 Å². The first-order chi connectivity index (χ1) is 6.22. The van der Waals surface area contributed by atoms with E-state index >= 15 is 0 Å². The minimum Gasteiger partial charge on any atom is -0.124 e. The molecule has 78 valence electrons. The van der Waals surface area contributed by atoms with Crippen molar-refractivity contribution in [2.24, 2.45) is 5.92 Å². The molecule has 0 heteroatoms. The van der Waals surface area contributed by atoms with E-state index in [0.717, 1.165) is 5.92 Å². The minimum absolute atomic E-state index is 0.718. The first-order valence-corrected chi connectivity index (χ1v) is 5.18. The van der Waals surface area contributed by atoms with E-state index in [1.807, 2.05) is 6.08 Å². The molecule has 0 heterocycles. The van der Waals surface area contributed by atoms with E-state index in [1.165, 1.54) is 25.7 Å². The van der Waals surface area contributed by atoms with Gasteiger partial charge in [-0.2, -0.15) is 0 Å². The summed E-state index contributed by atoms with van der Waals surface area (Å²) in [6, 6.07) is 0. The van der Waals surface area contributed by atoms with Crippen molar-refractivity contribution >= 4 is 0 Å². The fourth-order valence-corrected chi connectivity index (χ4v) is 0.644. The van der Waals surface area contributed by atoms with Crippen LogP contribution in [0.1, 0.15) is 53.4 Å². The molecule has 1 atom stereocenters. The van der Waals surface area contributed by atoms with Crippen molar-refractivity contribution in [3.63, 3.8) is 0 Å². The lowest BCUT2D eigenvalue weighted by Crippen LogP contribution is -1.86. The molecular weight excluding hydrogens is 156 g/mol. The number of hydrogen-bond acceptors (Lipinski definition) is 0. The molecule has 0 fully saturated rings. The Hall–Kier alpha value is -0.700. The molecule has 0 aliphatic heterocycles. The van der Waals surface area contributed by atoms with Crippen molar-refractivity contribution < 1.29 is 0 Å². The molecule has 0 aliphatic rings. The third-order valence-corrected chi connectivity index (χ3v) is 1.42. The van der Waals surface area contributed by atoms with Gasteiger partial charge in [0.25, 0.3) is 0 Å². The van der Waals surface area contributed by atoms with Gasteiger partial charge in [0.1, 0.15) is 0 Å². The average Bonchev–Trinajstić information content (AvgIpc) is 2.18. The van der Waals surface area contributed by atoms with Crippen molar-refractivity contribution in [1.82, 2.24) is 0 Å².